The van der Waals surface area contributed by atoms with E-state index in [-0.39, 0.29) is 5.91 Å². The zero-order valence-electron chi connectivity index (χ0n) is 9.23. The lowest BCUT2D eigenvalue weighted by molar-refractivity contribution is 0.0955. The first kappa shape index (κ1) is 13.2. The predicted molar refractivity (Wildman–Crippen MR) is 74.1 cm³/mol. The van der Waals surface area contributed by atoms with Gasteiger partial charge in [-0.25, -0.2) is 0 Å². The molecule has 4 heteroatoms. The van der Waals surface area contributed by atoms with E-state index in [0.29, 0.717) is 12.1 Å². The van der Waals surface area contributed by atoms with Crippen molar-refractivity contribution in [2.24, 2.45) is 0 Å². The number of thiocarbonyl (C=S) groups is 1. The number of benzene rings is 1. The van der Waals surface area contributed by atoms with E-state index in [1.807, 2.05) is 18.2 Å². The zero-order chi connectivity index (χ0) is 11.8. The van der Waals surface area contributed by atoms with Gasteiger partial charge in [-0.2, -0.15) is 0 Å². The summed E-state index contributed by atoms with van der Waals surface area (Å²) in [5.74, 6) is 0.954. The van der Waals surface area contributed by atoms with Crippen LogP contribution in [0.25, 0.3) is 0 Å². The third-order valence-corrected chi connectivity index (χ3v) is 3.33. The highest BCUT2D eigenvalue weighted by Gasteiger charge is 2.03. The number of hydrogen-bond donors (Lipinski definition) is 1. The Kier molecular flexibility index (Phi) is 6.11. The minimum atomic E-state index is -0.0371. The smallest absolute Gasteiger partial charge is 0.251 e. The highest BCUT2D eigenvalue weighted by molar-refractivity contribution is 8.23. The molecule has 0 spiro atoms. The van der Waals surface area contributed by atoms with Crippen LogP contribution in [0, 0.1) is 0 Å². The Hall–Kier alpha value is -0.870. The predicted octanol–water partition coefficient (Wildman–Crippen LogP) is 2.89. The second-order valence-corrected chi connectivity index (χ2v) is 5.29. The molecule has 86 valence electrons. The Morgan fingerprint density at radius 1 is 1.38 bits per heavy atom. The quantitative estimate of drug-likeness (QED) is 0.818. The average molecular weight is 253 g/mol. The van der Waals surface area contributed by atoms with Crippen molar-refractivity contribution in [2.75, 3.05) is 12.3 Å². The van der Waals surface area contributed by atoms with Gasteiger partial charge in [-0.05, 0) is 17.9 Å². The molecule has 0 saturated carbocycles. The van der Waals surface area contributed by atoms with E-state index < -0.39 is 0 Å². The topological polar surface area (TPSA) is 29.1 Å². The fourth-order valence-electron chi connectivity index (χ4n) is 1.20. The van der Waals surface area contributed by atoms with Crippen LogP contribution in [0.3, 0.4) is 0 Å². The number of rotatable bonds is 5. The Morgan fingerprint density at radius 2 is 2.06 bits per heavy atom. The van der Waals surface area contributed by atoms with Crippen LogP contribution in [0.5, 0.6) is 0 Å². The van der Waals surface area contributed by atoms with E-state index in [9.17, 15) is 4.79 Å². The number of thioether (sulfide) groups is 1. The van der Waals surface area contributed by atoms with Crippen LogP contribution in [0.15, 0.2) is 30.3 Å². The van der Waals surface area contributed by atoms with Crippen LogP contribution in [-0.2, 0) is 0 Å². The van der Waals surface area contributed by atoms with Crippen LogP contribution in [0.2, 0.25) is 0 Å². The molecule has 0 aliphatic rings. The van der Waals surface area contributed by atoms with Gasteiger partial charge in [0.1, 0.15) is 0 Å². The van der Waals surface area contributed by atoms with Crippen molar-refractivity contribution in [3.05, 3.63) is 35.9 Å². The first-order valence-corrected chi connectivity index (χ1v) is 6.62. The maximum atomic E-state index is 11.6. The third-order valence-electron chi connectivity index (χ3n) is 1.96. The van der Waals surface area contributed by atoms with Crippen molar-refractivity contribution >= 4 is 34.1 Å². The third kappa shape index (κ3) is 4.77. The zero-order valence-corrected chi connectivity index (χ0v) is 10.9. The molecular formula is C12H15NOS2. The van der Waals surface area contributed by atoms with Gasteiger partial charge in [0.15, 0.2) is 0 Å². The molecule has 0 heterocycles. The summed E-state index contributed by atoms with van der Waals surface area (Å²) in [6.45, 7) is 2.68. The lowest BCUT2D eigenvalue weighted by Gasteiger charge is -2.05. The monoisotopic (exact) mass is 253 g/mol. The summed E-state index contributed by atoms with van der Waals surface area (Å²) < 4.78 is 0.955. The number of carbonyl (C=O) groups is 1. The number of hydrogen-bond acceptors (Lipinski definition) is 3. The van der Waals surface area contributed by atoms with Crippen LogP contribution in [0.1, 0.15) is 23.7 Å². The molecule has 1 aromatic carbocycles. The summed E-state index contributed by atoms with van der Waals surface area (Å²) >= 11 is 6.79. The number of amides is 1. The molecule has 0 atom stereocenters. The fourth-order valence-corrected chi connectivity index (χ4v) is 2.23. The van der Waals surface area contributed by atoms with E-state index in [1.54, 1.807) is 23.9 Å². The molecule has 0 radical (unpaired) electrons. The molecule has 0 fully saturated rings. The minimum absolute atomic E-state index is 0.0371. The second-order valence-electron chi connectivity index (χ2n) is 3.18. The Bertz CT molecular complexity index is 351. The van der Waals surface area contributed by atoms with Gasteiger partial charge < -0.3 is 5.32 Å². The van der Waals surface area contributed by atoms with Gasteiger partial charge in [0.2, 0.25) is 0 Å². The molecule has 0 unspecified atom stereocenters. The maximum absolute atomic E-state index is 11.6. The van der Waals surface area contributed by atoms with Gasteiger partial charge in [-0.1, -0.05) is 37.3 Å². The normalized spacial score (nSPS) is 9.81. The van der Waals surface area contributed by atoms with Crippen molar-refractivity contribution in [2.45, 2.75) is 13.3 Å². The SMILES string of the molecule is CCSC(=S)CCNC(=O)c1ccccc1. The van der Waals surface area contributed by atoms with Gasteiger partial charge in [-0.3, -0.25) is 4.79 Å². The summed E-state index contributed by atoms with van der Waals surface area (Å²) in [5, 5.41) is 2.85. The van der Waals surface area contributed by atoms with E-state index in [2.05, 4.69) is 12.2 Å². The first-order valence-electron chi connectivity index (χ1n) is 5.23. The number of nitrogens with one attached hydrogen (secondary N) is 1. The van der Waals surface area contributed by atoms with Crippen molar-refractivity contribution in [1.29, 1.82) is 0 Å². The summed E-state index contributed by atoms with van der Waals surface area (Å²) in [7, 11) is 0. The molecule has 1 aromatic rings. The van der Waals surface area contributed by atoms with Gasteiger partial charge in [0, 0.05) is 22.7 Å². The lowest BCUT2D eigenvalue weighted by Crippen LogP contribution is -2.25. The van der Waals surface area contributed by atoms with Gasteiger partial charge in [0.25, 0.3) is 5.91 Å². The molecule has 1 N–H and O–H groups in total. The minimum Gasteiger partial charge on any atom is -0.352 e. The molecule has 0 bridgehead atoms. The molecular weight excluding hydrogens is 238 g/mol. The van der Waals surface area contributed by atoms with Gasteiger partial charge >= 0.3 is 0 Å². The highest BCUT2D eigenvalue weighted by atomic mass is 32.2. The van der Waals surface area contributed by atoms with Crippen molar-refractivity contribution in [1.82, 2.24) is 5.32 Å². The van der Waals surface area contributed by atoms with Crippen LogP contribution in [0.4, 0.5) is 0 Å². The maximum Gasteiger partial charge on any atom is 0.251 e. The Morgan fingerprint density at radius 3 is 2.69 bits per heavy atom. The Labute approximate surface area is 106 Å². The largest absolute Gasteiger partial charge is 0.352 e. The van der Waals surface area contributed by atoms with Crippen LogP contribution < -0.4 is 5.32 Å². The summed E-state index contributed by atoms with van der Waals surface area (Å²) in [6.07, 6.45) is 0.756. The van der Waals surface area contributed by atoms with Gasteiger partial charge in [0.05, 0.1) is 0 Å². The van der Waals surface area contributed by atoms with E-state index in [4.69, 9.17) is 12.2 Å². The van der Waals surface area contributed by atoms with E-state index >= 15 is 0 Å². The molecule has 0 saturated heterocycles. The molecule has 2 nitrogen and oxygen atoms in total. The van der Waals surface area contributed by atoms with Gasteiger partial charge in [-0.15, -0.1) is 11.8 Å². The molecule has 16 heavy (non-hydrogen) atoms. The first-order chi connectivity index (χ1) is 7.74. The van der Waals surface area contributed by atoms with Crippen LogP contribution >= 0.6 is 24.0 Å². The Balaban J connectivity index is 2.29. The van der Waals surface area contributed by atoms with Crippen molar-refractivity contribution in [3.8, 4) is 0 Å². The van der Waals surface area contributed by atoms with Crippen molar-refractivity contribution < 1.29 is 4.79 Å². The van der Waals surface area contributed by atoms with Crippen LogP contribution in [-0.4, -0.2) is 22.4 Å². The summed E-state index contributed by atoms with van der Waals surface area (Å²) in [4.78, 5) is 11.6. The molecule has 1 rings (SSSR count). The summed E-state index contributed by atoms with van der Waals surface area (Å²) in [5.41, 5.74) is 0.691. The molecule has 0 aliphatic carbocycles. The standard InChI is InChI=1S/C12H15NOS2/c1-2-16-11(15)8-9-13-12(14)10-6-4-3-5-7-10/h3-7H,2,8-9H2,1H3,(H,13,14). The van der Waals surface area contributed by atoms with E-state index in [0.717, 1.165) is 16.4 Å². The highest BCUT2D eigenvalue weighted by Crippen LogP contribution is 2.06. The van der Waals surface area contributed by atoms with Crippen molar-refractivity contribution in [3.63, 3.8) is 0 Å². The molecule has 0 aromatic heterocycles. The average Bonchev–Trinajstić information content (AvgIpc) is 2.30. The summed E-state index contributed by atoms with van der Waals surface area (Å²) in [6, 6.07) is 9.20. The van der Waals surface area contributed by atoms with E-state index in [1.165, 1.54) is 0 Å². The second kappa shape index (κ2) is 7.41. The number of carbonyl (C=O) groups excluding carboxylic acids is 1. The molecule has 0 aliphatic heterocycles. The molecule has 1 amide bonds. The lowest BCUT2D eigenvalue weighted by atomic mass is 10.2. The fraction of sp³-hybridized carbons (Fsp3) is 0.333.